The van der Waals surface area contributed by atoms with Crippen molar-refractivity contribution in [2.75, 3.05) is 39.3 Å². The minimum absolute atomic E-state index is 0.171. The Balaban J connectivity index is 1.68. The van der Waals surface area contributed by atoms with Gasteiger partial charge in [0.25, 0.3) is 0 Å². The van der Waals surface area contributed by atoms with Gasteiger partial charge in [0.1, 0.15) is 0 Å². The zero-order chi connectivity index (χ0) is 14.4. The highest BCUT2D eigenvalue weighted by Crippen LogP contribution is 2.14. The molecule has 0 amide bonds. The lowest BCUT2D eigenvalue weighted by atomic mass is 10.0. The van der Waals surface area contributed by atoms with E-state index >= 15 is 0 Å². The van der Waals surface area contributed by atoms with Crippen LogP contribution in [0.4, 0.5) is 0 Å². The third kappa shape index (κ3) is 4.89. The van der Waals surface area contributed by atoms with Crippen molar-refractivity contribution in [3.8, 4) is 0 Å². The predicted octanol–water partition coefficient (Wildman–Crippen LogP) is 2.35. The smallest absolute Gasteiger partial charge is 0.0307 e. The first-order valence-corrected chi connectivity index (χ1v) is 7.90. The maximum atomic E-state index is 6.27. The highest BCUT2D eigenvalue weighted by Gasteiger charge is 2.18. The van der Waals surface area contributed by atoms with Gasteiger partial charge in [-0.05, 0) is 17.9 Å². The largest absolute Gasteiger partial charge is 0.324 e. The van der Waals surface area contributed by atoms with E-state index in [1.54, 1.807) is 0 Å². The van der Waals surface area contributed by atoms with Crippen LogP contribution in [-0.4, -0.2) is 49.1 Å². The van der Waals surface area contributed by atoms with Crippen molar-refractivity contribution in [2.45, 2.75) is 26.3 Å². The van der Waals surface area contributed by atoms with E-state index in [9.17, 15) is 0 Å². The molecule has 0 aromatic heterocycles. The first-order valence-electron chi connectivity index (χ1n) is 7.90. The van der Waals surface area contributed by atoms with E-state index < -0.39 is 0 Å². The van der Waals surface area contributed by atoms with Gasteiger partial charge >= 0.3 is 0 Å². The molecule has 2 rings (SSSR count). The van der Waals surface area contributed by atoms with E-state index in [-0.39, 0.29) is 6.04 Å². The highest BCUT2D eigenvalue weighted by atomic mass is 15.3. The molecule has 0 spiro atoms. The van der Waals surface area contributed by atoms with Crippen molar-refractivity contribution >= 4 is 0 Å². The number of hydrogen-bond donors (Lipinski definition) is 1. The summed E-state index contributed by atoms with van der Waals surface area (Å²) in [4.78, 5) is 5.14. The van der Waals surface area contributed by atoms with Gasteiger partial charge in [-0.3, -0.25) is 0 Å². The fourth-order valence-electron chi connectivity index (χ4n) is 2.90. The van der Waals surface area contributed by atoms with Gasteiger partial charge in [0.2, 0.25) is 0 Å². The van der Waals surface area contributed by atoms with Crippen LogP contribution in [0.5, 0.6) is 0 Å². The summed E-state index contributed by atoms with van der Waals surface area (Å²) in [5.74, 6) is 0.771. The molecule has 0 bridgehead atoms. The summed E-state index contributed by atoms with van der Waals surface area (Å²) >= 11 is 0. The molecule has 1 aliphatic heterocycles. The Morgan fingerprint density at radius 2 is 1.60 bits per heavy atom. The van der Waals surface area contributed by atoms with Crippen molar-refractivity contribution in [2.24, 2.45) is 11.7 Å². The van der Waals surface area contributed by atoms with Crippen molar-refractivity contribution < 1.29 is 0 Å². The molecule has 0 aliphatic carbocycles. The fourth-order valence-corrected chi connectivity index (χ4v) is 2.90. The lowest BCUT2D eigenvalue weighted by Gasteiger charge is -2.35. The second-order valence-corrected chi connectivity index (χ2v) is 6.34. The normalized spacial score (nSPS) is 19.4. The van der Waals surface area contributed by atoms with Crippen LogP contribution in [0.3, 0.4) is 0 Å². The Labute approximate surface area is 123 Å². The van der Waals surface area contributed by atoms with Crippen LogP contribution in [0.2, 0.25) is 0 Å². The number of nitrogens with zero attached hydrogens (tertiary/aromatic N) is 2. The predicted molar refractivity (Wildman–Crippen MR) is 85.7 cm³/mol. The Hall–Kier alpha value is -0.900. The molecule has 1 unspecified atom stereocenters. The van der Waals surface area contributed by atoms with Crippen molar-refractivity contribution in [3.63, 3.8) is 0 Å². The molecule has 0 radical (unpaired) electrons. The number of piperazine rings is 1. The van der Waals surface area contributed by atoms with Crippen molar-refractivity contribution in [1.82, 2.24) is 9.80 Å². The summed E-state index contributed by atoms with van der Waals surface area (Å²) in [6, 6.07) is 10.6. The van der Waals surface area contributed by atoms with Gasteiger partial charge in [0.15, 0.2) is 0 Å². The van der Waals surface area contributed by atoms with E-state index in [0.29, 0.717) is 0 Å². The van der Waals surface area contributed by atoms with Crippen LogP contribution in [0.15, 0.2) is 30.3 Å². The third-order valence-corrected chi connectivity index (χ3v) is 4.07. The summed E-state index contributed by atoms with van der Waals surface area (Å²) in [5.41, 5.74) is 7.52. The van der Waals surface area contributed by atoms with Gasteiger partial charge in [-0.2, -0.15) is 0 Å². The Bertz CT molecular complexity index is 369. The molecule has 2 N–H and O–H groups in total. The first-order chi connectivity index (χ1) is 9.65. The summed E-state index contributed by atoms with van der Waals surface area (Å²) in [7, 11) is 0. The van der Waals surface area contributed by atoms with Gasteiger partial charge in [-0.1, -0.05) is 44.2 Å². The van der Waals surface area contributed by atoms with E-state index in [4.69, 9.17) is 5.73 Å². The van der Waals surface area contributed by atoms with Crippen LogP contribution < -0.4 is 5.73 Å². The number of rotatable bonds is 6. The highest BCUT2D eigenvalue weighted by molar-refractivity contribution is 5.18. The van der Waals surface area contributed by atoms with Gasteiger partial charge in [-0.15, -0.1) is 0 Å². The second-order valence-electron chi connectivity index (χ2n) is 6.34. The van der Waals surface area contributed by atoms with E-state index in [0.717, 1.165) is 18.9 Å². The summed E-state index contributed by atoms with van der Waals surface area (Å²) in [5, 5.41) is 0. The minimum Gasteiger partial charge on any atom is -0.324 e. The number of hydrogen-bond acceptors (Lipinski definition) is 3. The zero-order valence-electron chi connectivity index (χ0n) is 13.0. The second kappa shape index (κ2) is 7.77. The lowest BCUT2D eigenvalue weighted by molar-refractivity contribution is 0.120. The zero-order valence-corrected chi connectivity index (χ0v) is 13.0. The van der Waals surface area contributed by atoms with E-state index in [1.165, 1.54) is 38.3 Å². The quantitative estimate of drug-likeness (QED) is 0.865. The molecular weight excluding hydrogens is 246 g/mol. The lowest BCUT2D eigenvalue weighted by Crippen LogP contribution is -2.47. The van der Waals surface area contributed by atoms with Crippen LogP contribution in [0.1, 0.15) is 31.9 Å². The first kappa shape index (κ1) is 15.5. The van der Waals surface area contributed by atoms with Gasteiger partial charge in [0.05, 0.1) is 0 Å². The third-order valence-electron chi connectivity index (χ3n) is 4.07. The van der Waals surface area contributed by atoms with Crippen LogP contribution in [-0.2, 0) is 0 Å². The summed E-state index contributed by atoms with van der Waals surface area (Å²) < 4.78 is 0. The van der Waals surface area contributed by atoms with Gasteiger partial charge in [0, 0.05) is 45.3 Å². The van der Waals surface area contributed by atoms with Crippen LogP contribution in [0, 0.1) is 5.92 Å². The molecule has 3 nitrogen and oxygen atoms in total. The van der Waals surface area contributed by atoms with Crippen molar-refractivity contribution in [1.29, 1.82) is 0 Å². The standard InChI is InChI=1S/C17H29N3/c1-15(2)14-20-12-10-19(11-13-20)9-8-17(18)16-6-4-3-5-7-16/h3-7,15,17H,8-14,18H2,1-2H3. The maximum Gasteiger partial charge on any atom is 0.0307 e. The molecule has 1 aliphatic rings. The van der Waals surface area contributed by atoms with E-state index in [1.807, 2.05) is 6.07 Å². The molecule has 3 heteroatoms. The molecule has 20 heavy (non-hydrogen) atoms. The monoisotopic (exact) mass is 275 g/mol. The summed E-state index contributed by atoms with van der Waals surface area (Å²) in [6.07, 6.45) is 1.05. The Morgan fingerprint density at radius 1 is 1.00 bits per heavy atom. The molecule has 0 saturated carbocycles. The Kier molecular flexibility index (Phi) is 6.02. The average molecular weight is 275 g/mol. The molecule has 1 aromatic carbocycles. The van der Waals surface area contributed by atoms with Crippen molar-refractivity contribution in [3.05, 3.63) is 35.9 Å². The van der Waals surface area contributed by atoms with Gasteiger partial charge < -0.3 is 15.5 Å². The van der Waals surface area contributed by atoms with E-state index in [2.05, 4.69) is 47.9 Å². The maximum absolute atomic E-state index is 6.27. The molecule has 1 atom stereocenters. The fraction of sp³-hybridized carbons (Fsp3) is 0.647. The number of benzene rings is 1. The molecular formula is C17H29N3. The van der Waals surface area contributed by atoms with Crippen LogP contribution >= 0.6 is 0 Å². The molecule has 1 saturated heterocycles. The average Bonchev–Trinajstić information content (AvgIpc) is 2.46. The van der Waals surface area contributed by atoms with Crippen LogP contribution in [0.25, 0.3) is 0 Å². The molecule has 1 heterocycles. The SMILES string of the molecule is CC(C)CN1CCN(CCC(N)c2ccccc2)CC1. The molecule has 112 valence electrons. The topological polar surface area (TPSA) is 32.5 Å². The molecule has 1 fully saturated rings. The number of nitrogens with two attached hydrogens (primary N) is 1. The Morgan fingerprint density at radius 3 is 2.20 bits per heavy atom. The summed E-state index contributed by atoms with van der Waals surface area (Å²) in [6.45, 7) is 11.7. The van der Waals surface area contributed by atoms with Gasteiger partial charge in [-0.25, -0.2) is 0 Å². The molecule has 1 aromatic rings. The minimum atomic E-state index is 0.171.